The maximum Gasteiger partial charge on any atom is 0.266 e. The molecular weight excluding hydrogens is 444 g/mol. The topological polar surface area (TPSA) is 23.6 Å². The van der Waals surface area contributed by atoms with Gasteiger partial charge in [-0.1, -0.05) is 60.7 Å². The van der Waals surface area contributed by atoms with Gasteiger partial charge < -0.3 is 4.90 Å². The van der Waals surface area contributed by atoms with Crippen LogP contribution < -0.4 is 4.90 Å². The fourth-order valence-electron chi connectivity index (χ4n) is 4.78. The van der Waals surface area contributed by atoms with E-state index in [1.165, 1.54) is 28.6 Å². The zero-order chi connectivity index (χ0) is 22.6. The number of benzene rings is 2. The van der Waals surface area contributed by atoms with Gasteiger partial charge in [-0.05, 0) is 74.2 Å². The van der Waals surface area contributed by atoms with Crippen molar-refractivity contribution >= 4 is 57.6 Å². The van der Waals surface area contributed by atoms with Crippen molar-refractivity contribution in [1.82, 2.24) is 4.90 Å². The second-order valence-corrected chi connectivity index (χ2v) is 11.2. The summed E-state index contributed by atoms with van der Waals surface area (Å²) in [7, 11) is 2.16. The molecule has 2 aliphatic rings. The molecule has 162 valence electrons. The zero-order valence-corrected chi connectivity index (χ0v) is 20.9. The minimum atomic E-state index is -0.179. The van der Waals surface area contributed by atoms with Crippen molar-refractivity contribution in [3.05, 3.63) is 69.1 Å². The quantitative estimate of drug-likeness (QED) is 0.378. The molecule has 2 heterocycles. The van der Waals surface area contributed by atoms with Crippen LogP contribution in [0.1, 0.15) is 50.8 Å². The number of nitrogens with zero attached hydrogens (tertiary/aromatic N) is 2. The highest BCUT2D eigenvalue weighted by atomic mass is 35.5. The summed E-state index contributed by atoms with van der Waals surface area (Å²) in [5.41, 5.74) is 4.55. The van der Waals surface area contributed by atoms with Gasteiger partial charge in [0, 0.05) is 35.3 Å². The Bertz CT molecular complexity index is 1090. The Labute approximate surface area is 199 Å². The lowest BCUT2D eigenvalue weighted by Crippen LogP contribution is -2.51. The number of carbonyl (C=O) groups excluding carboxylic acids is 1. The number of rotatable bonds is 3. The minimum Gasteiger partial charge on any atom is -0.369 e. The molecule has 0 radical (unpaired) electrons. The molecule has 1 atom stereocenters. The second kappa shape index (κ2) is 7.95. The van der Waals surface area contributed by atoms with E-state index in [2.05, 4.69) is 63.1 Å². The van der Waals surface area contributed by atoms with Gasteiger partial charge in [-0.3, -0.25) is 9.69 Å². The Morgan fingerprint density at radius 3 is 2.45 bits per heavy atom. The number of likely N-dealkylation sites (N-methyl/N-ethyl adjacent to an activating group) is 1. The maximum atomic E-state index is 12.7. The third-order valence-corrected chi connectivity index (χ3v) is 8.27. The SMILES string of the molecule is CCN1C(=O)/C(=C\c2ccc3c(c2)C(C)(c2ccc(Cl)cc2)CC(C)(C)N3C)SC1=S. The van der Waals surface area contributed by atoms with Crippen molar-refractivity contribution in [2.45, 2.75) is 45.1 Å². The maximum absolute atomic E-state index is 12.7. The van der Waals surface area contributed by atoms with Crippen molar-refractivity contribution in [1.29, 1.82) is 0 Å². The molecule has 1 saturated heterocycles. The van der Waals surface area contributed by atoms with E-state index < -0.39 is 0 Å². The second-order valence-electron chi connectivity index (χ2n) is 9.09. The first-order chi connectivity index (χ1) is 14.6. The van der Waals surface area contributed by atoms with Crippen molar-refractivity contribution < 1.29 is 4.79 Å². The summed E-state index contributed by atoms with van der Waals surface area (Å²) in [6.45, 7) is 9.43. The van der Waals surface area contributed by atoms with Crippen LogP contribution >= 0.6 is 35.6 Å². The molecule has 3 nitrogen and oxygen atoms in total. The zero-order valence-electron chi connectivity index (χ0n) is 18.5. The Kier molecular flexibility index (Phi) is 5.74. The molecule has 2 aromatic carbocycles. The number of halogens is 1. The van der Waals surface area contributed by atoms with Crippen molar-refractivity contribution in [2.24, 2.45) is 0 Å². The summed E-state index contributed by atoms with van der Waals surface area (Å²) in [6.07, 6.45) is 2.93. The van der Waals surface area contributed by atoms with Gasteiger partial charge in [-0.15, -0.1) is 0 Å². The van der Waals surface area contributed by atoms with Crippen LogP contribution in [-0.2, 0) is 10.2 Å². The highest BCUT2D eigenvalue weighted by Gasteiger charge is 2.44. The van der Waals surface area contributed by atoms with E-state index in [9.17, 15) is 4.79 Å². The Hall–Kier alpha value is -1.82. The van der Waals surface area contributed by atoms with Crippen molar-refractivity contribution in [3.8, 4) is 0 Å². The summed E-state index contributed by atoms with van der Waals surface area (Å²) in [5, 5.41) is 0.742. The average Bonchev–Trinajstić information content (AvgIpc) is 2.99. The number of amides is 1. The van der Waals surface area contributed by atoms with E-state index in [0.717, 1.165) is 17.0 Å². The lowest BCUT2D eigenvalue weighted by Gasteiger charge is -2.51. The van der Waals surface area contributed by atoms with Crippen LogP contribution in [0.4, 0.5) is 5.69 Å². The number of hydrogen-bond donors (Lipinski definition) is 0. The van der Waals surface area contributed by atoms with Gasteiger partial charge in [0.05, 0.1) is 4.91 Å². The molecule has 31 heavy (non-hydrogen) atoms. The van der Waals surface area contributed by atoms with Gasteiger partial charge in [0.25, 0.3) is 5.91 Å². The van der Waals surface area contributed by atoms with Crippen LogP contribution in [0.2, 0.25) is 5.02 Å². The number of anilines is 1. The Balaban J connectivity index is 1.84. The number of hydrogen-bond acceptors (Lipinski definition) is 4. The van der Waals surface area contributed by atoms with Crippen LogP contribution in [-0.4, -0.2) is 34.3 Å². The predicted molar refractivity (Wildman–Crippen MR) is 137 cm³/mol. The first-order valence-electron chi connectivity index (χ1n) is 10.5. The molecule has 0 aliphatic carbocycles. The average molecular weight is 471 g/mol. The number of thioether (sulfide) groups is 1. The van der Waals surface area contributed by atoms with Gasteiger partial charge in [-0.25, -0.2) is 0 Å². The molecule has 0 saturated carbocycles. The Morgan fingerprint density at radius 1 is 1.16 bits per heavy atom. The van der Waals surface area contributed by atoms with Crippen LogP contribution in [0, 0.1) is 0 Å². The summed E-state index contributed by atoms with van der Waals surface area (Å²) in [6, 6.07) is 14.7. The molecule has 2 aromatic rings. The van der Waals surface area contributed by atoms with Crippen LogP contribution in [0.5, 0.6) is 0 Å². The number of fused-ring (bicyclic) bond motifs is 1. The van der Waals surface area contributed by atoms with Gasteiger partial charge in [0.15, 0.2) is 0 Å². The first kappa shape index (κ1) is 22.4. The molecule has 6 heteroatoms. The normalized spacial score (nSPS) is 24.1. The number of carbonyl (C=O) groups is 1. The molecular formula is C25H27ClN2OS2. The third-order valence-electron chi connectivity index (χ3n) is 6.64. The Morgan fingerprint density at radius 2 is 1.84 bits per heavy atom. The summed E-state index contributed by atoms with van der Waals surface area (Å²) < 4.78 is 0.629. The third kappa shape index (κ3) is 3.81. The van der Waals surface area contributed by atoms with Crippen molar-refractivity contribution in [2.75, 3.05) is 18.5 Å². The van der Waals surface area contributed by atoms with E-state index in [1.807, 2.05) is 25.1 Å². The van der Waals surface area contributed by atoms with Crippen LogP contribution in [0.3, 0.4) is 0 Å². The monoisotopic (exact) mass is 470 g/mol. The molecule has 2 aliphatic heterocycles. The lowest BCUT2D eigenvalue weighted by atomic mass is 9.65. The van der Waals surface area contributed by atoms with E-state index in [4.69, 9.17) is 23.8 Å². The van der Waals surface area contributed by atoms with Gasteiger partial charge >= 0.3 is 0 Å². The molecule has 0 spiro atoms. The molecule has 1 amide bonds. The van der Waals surface area contributed by atoms with E-state index in [0.29, 0.717) is 15.8 Å². The molecule has 1 unspecified atom stereocenters. The highest BCUT2D eigenvalue weighted by Crippen LogP contribution is 2.50. The first-order valence-corrected chi connectivity index (χ1v) is 12.1. The minimum absolute atomic E-state index is 0.00562. The molecule has 1 fully saturated rings. The van der Waals surface area contributed by atoms with Crippen LogP contribution in [0.25, 0.3) is 6.08 Å². The molecule has 0 aromatic heterocycles. The number of thiocarbonyl (C=S) groups is 1. The highest BCUT2D eigenvalue weighted by molar-refractivity contribution is 8.26. The summed E-state index contributed by atoms with van der Waals surface area (Å²) >= 11 is 12.9. The van der Waals surface area contributed by atoms with Gasteiger partial charge in [0.1, 0.15) is 4.32 Å². The molecule has 0 bridgehead atoms. The van der Waals surface area contributed by atoms with Crippen molar-refractivity contribution in [3.63, 3.8) is 0 Å². The van der Waals surface area contributed by atoms with E-state index >= 15 is 0 Å². The van der Waals surface area contributed by atoms with Gasteiger partial charge in [0.2, 0.25) is 0 Å². The summed E-state index contributed by atoms with van der Waals surface area (Å²) in [5.74, 6) is -0.00562. The van der Waals surface area contributed by atoms with E-state index in [-0.39, 0.29) is 16.9 Å². The van der Waals surface area contributed by atoms with Crippen LogP contribution in [0.15, 0.2) is 47.4 Å². The lowest BCUT2D eigenvalue weighted by molar-refractivity contribution is -0.121. The van der Waals surface area contributed by atoms with E-state index in [1.54, 1.807) is 4.90 Å². The fraction of sp³-hybridized carbons (Fsp3) is 0.360. The fourth-order valence-corrected chi connectivity index (χ4v) is 6.29. The van der Waals surface area contributed by atoms with Gasteiger partial charge in [-0.2, -0.15) is 0 Å². The largest absolute Gasteiger partial charge is 0.369 e. The summed E-state index contributed by atoms with van der Waals surface area (Å²) in [4.78, 5) is 17.4. The predicted octanol–water partition coefficient (Wildman–Crippen LogP) is 6.49. The molecule has 0 N–H and O–H groups in total. The standard InChI is InChI=1S/C25H27ClN2OS2/c1-6-28-22(29)21(31-23(28)30)14-16-7-12-20-19(13-16)25(4,15-24(2,3)27(20)5)17-8-10-18(26)11-9-17/h7-14H,6,15H2,1-5H3/b21-14+. The smallest absolute Gasteiger partial charge is 0.266 e. The molecule has 4 rings (SSSR count).